The summed E-state index contributed by atoms with van der Waals surface area (Å²) in [6, 6.07) is 5.27. The van der Waals surface area contributed by atoms with Crippen molar-refractivity contribution in [2.45, 2.75) is 105 Å². The number of benzene rings is 1. The van der Waals surface area contributed by atoms with Gasteiger partial charge in [0, 0.05) is 6.54 Å². The molecular weight excluding hydrogens is 566 g/mol. The number of nitrogens with one attached hydrogen (secondary N) is 3. The second-order valence-electron chi connectivity index (χ2n) is 13.6. The molecule has 3 rings (SSSR count). The largest absolute Gasteiger partial charge is 0.444 e. The molecule has 0 bridgehead atoms. The van der Waals surface area contributed by atoms with Crippen molar-refractivity contribution in [3.05, 3.63) is 41.0 Å². The molecule has 0 radical (unpaired) electrons. The molecule has 0 saturated carbocycles. The lowest BCUT2D eigenvalue weighted by Gasteiger charge is -2.36. The number of carbonyl (C=O) groups excluding carboxylic acids is 4. The van der Waals surface area contributed by atoms with E-state index in [-0.39, 0.29) is 23.8 Å². The van der Waals surface area contributed by atoms with Crippen molar-refractivity contribution in [1.29, 1.82) is 0 Å². The minimum Gasteiger partial charge on any atom is -0.444 e. The second kappa shape index (κ2) is 13.4. The van der Waals surface area contributed by atoms with E-state index in [4.69, 9.17) is 4.74 Å². The van der Waals surface area contributed by atoms with Crippen LogP contribution in [0.2, 0.25) is 0 Å². The molecule has 0 spiro atoms. The summed E-state index contributed by atoms with van der Waals surface area (Å²) in [5, 5.41) is 8.44. The van der Waals surface area contributed by atoms with E-state index < -0.39 is 41.1 Å². The van der Waals surface area contributed by atoms with Gasteiger partial charge in [-0.05, 0) is 70.4 Å². The molecule has 1 aliphatic rings. The molecule has 2 aromatic rings. The Morgan fingerprint density at radius 1 is 1.00 bits per heavy atom. The van der Waals surface area contributed by atoms with Crippen LogP contribution in [0.5, 0.6) is 0 Å². The molecule has 0 aliphatic carbocycles. The second-order valence-corrected chi connectivity index (χ2v) is 14.5. The van der Waals surface area contributed by atoms with Gasteiger partial charge in [0.2, 0.25) is 17.7 Å². The van der Waals surface area contributed by atoms with Crippen LogP contribution >= 0.6 is 11.3 Å². The predicted molar refractivity (Wildman–Crippen MR) is 168 cm³/mol. The maximum Gasteiger partial charge on any atom is 0.408 e. The van der Waals surface area contributed by atoms with E-state index in [9.17, 15) is 19.2 Å². The molecule has 5 atom stereocenters. The number of likely N-dealkylation sites (tertiary alicyclic amines) is 1. The molecule has 0 unspecified atom stereocenters. The van der Waals surface area contributed by atoms with Crippen LogP contribution in [-0.2, 0) is 19.1 Å². The predicted octanol–water partition coefficient (Wildman–Crippen LogP) is 4.98. The third-order valence-electron chi connectivity index (χ3n) is 7.40. The van der Waals surface area contributed by atoms with Gasteiger partial charge >= 0.3 is 6.09 Å². The van der Waals surface area contributed by atoms with Gasteiger partial charge < -0.3 is 25.6 Å². The molecule has 10 nitrogen and oxygen atoms in total. The molecule has 2 heterocycles. The molecule has 1 aliphatic heterocycles. The van der Waals surface area contributed by atoms with E-state index >= 15 is 0 Å². The van der Waals surface area contributed by atoms with E-state index in [1.165, 1.54) is 6.92 Å². The van der Waals surface area contributed by atoms with Crippen LogP contribution in [-0.4, -0.2) is 64.0 Å². The van der Waals surface area contributed by atoms with Crippen LogP contribution in [0, 0.1) is 18.3 Å². The van der Waals surface area contributed by atoms with Crippen molar-refractivity contribution in [3.8, 4) is 10.4 Å². The van der Waals surface area contributed by atoms with Gasteiger partial charge in [-0.1, -0.05) is 52.0 Å². The molecule has 1 aromatic carbocycles. The lowest BCUT2D eigenvalue weighted by molar-refractivity contribution is -0.144. The van der Waals surface area contributed by atoms with Gasteiger partial charge in [-0.25, -0.2) is 9.78 Å². The number of aromatic nitrogens is 1. The number of hydrogen-bond acceptors (Lipinski definition) is 7. The number of rotatable bonds is 8. The molecule has 3 N–H and O–H groups in total. The standard InChI is InChI=1S/C32H47N5O5S/c1-18-15-24(28(39)34-19(2)22-11-13-23(14-12-22)25-20(3)33-17-43-25)37(16-18)29(40)26(31(5,6)7)36-27(38)21(4)35-30(41)42-32(8,9)10/h11-14,17-19,21,24,26H,15-16H2,1-10H3,(H,34,39)(H,35,41)(H,36,38)/t18-,19+,21-,24+,26-/m1/s1. The molecule has 11 heteroatoms. The first-order valence-electron chi connectivity index (χ1n) is 14.8. The Hall–Kier alpha value is -3.47. The van der Waals surface area contributed by atoms with Gasteiger partial charge in [0.25, 0.3) is 0 Å². The van der Waals surface area contributed by atoms with Crippen LogP contribution < -0.4 is 16.0 Å². The van der Waals surface area contributed by atoms with Gasteiger partial charge in [0.15, 0.2) is 0 Å². The number of amides is 4. The Kier molecular flexibility index (Phi) is 10.6. The number of nitrogens with zero attached hydrogens (tertiary/aromatic N) is 2. The van der Waals surface area contributed by atoms with Gasteiger partial charge in [-0.2, -0.15) is 0 Å². The highest BCUT2D eigenvalue weighted by molar-refractivity contribution is 7.13. The monoisotopic (exact) mass is 613 g/mol. The van der Waals surface area contributed by atoms with Crippen LogP contribution in [0.25, 0.3) is 10.4 Å². The third-order valence-corrected chi connectivity index (χ3v) is 8.38. The zero-order valence-corrected chi connectivity index (χ0v) is 27.8. The maximum atomic E-state index is 14.0. The normalized spacial score (nSPS) is 19.3. The van der Waals surface area contributed by atoms with Crippen molar-refractivity contribution < 1.29 is 23.9 Å². The molecular formula is C32H47N5O5S. The lowest BCUT2D eigenvalue weighted by Crippen LogP contribution is -2.60. The van der Waals surface area contributed by atoms with Gasteiger partial charge in [0.1, 0.15) is 23.7 Å². The van der Waals surface area contributed by atoms with Crippen molar-refractivity contribution in [1.82, 2.24) is 25.8 Å². The summed E-state index contributed by atoms with van der Waals surface area (Å²) < 4.78 is 5.25. The molecule has 1 aromatic heterocycles. The number of thiazole rings is 1. The van der Waals surface area contributed by atoms with Crippen molar-refractivity contribution in [2.24, 2.45) is 11.3 Å². The average molecular weight is 614 g/mol. The summed E-state index contributed by atoms with van der Waals surface area (Å²) in [4.78, 5) is 59.8. The first-order valence-corrected chi connectivity index (χ1v) is 15.7. The summed E-state index contributed by atoms with van der Waals surface area (Å²) in [7, 11) is 0. The molecule has 43 heavy (non-hydrogen) atoms. The Bertz CT molecular complexity index is 1310. The van der Waals surface area contributed by atoms with Gasteiger partial charge in [-0.3, -0.25) is 14.4 Å². The van der Waals surface area contributed by atoms with Crippen LogP contribution in [0.3, 0.4) is 0 Å². The Morgan fingerprint density at radius 2 is 1.63 bits per heavy atom. The van der Waals surface area contributed by atoms with Gasteiger partial charge in [0.05, 0.1) is 22.1 Å². The number of aryl methyl sites for hydroxylation is 1. The SMILES string of the molecule is Cc1ncsc1-c1ccc([C@H](C)NC(=O)[C@@H]2C[C@@H](C)CN2C(=O)[C@@H](NC(=O)[C@@H](C)NC(=O)OC(C)(C)C)C(C)(C)C)cc1. The van der Waals surface area contributed by atoms with Gasteiger partial charge in [-0.15, -0.1) is 11.3 Å². The van der Waals surface area contributed by atoms with Crippen molar-refractivity contribution >= 4 is 35.2 Å². The Labute approximate surface area is 259 Å². The van der Waals surface area contributed by atoms with E-state index in [2.05, 4.69) is 20.9 Å². The third kappa shape index (κ3) is 9.01. The lowest BCUT2D eigenvalue weighted by atomic mass is 9.85. The highest BCUT2D eigenvalue weighted by Gasteiger charge is 2.44. The smallest absolute Gasteiger partial charge is 0.408 e. The number of alkyl carbamates (subject to hydrolysis) is 1. The first-order chi connectivity index (χ1) is 19.9. The fourth-order valence-corrected chi connectivity index (χ4v) is 5.88. The van der Waals surface area contributed by atoms with E-state index in [1.54, 1.807) is 37.0 Å². The summed E-state index contributed by atoms with van der Waals surface area (Å²) in [6.07, 6.45) is -0.198. The Morgan fingerprint density at radius 3 is 2.16 bits per heavy atom. The van der Waals surface area contributed by atoms with Crippen LogP contribution in [0.1, 0.15) is 86.0 Å². The number of carbonyl (C=O) groups is 4. The minimum atomic E-state index is -0.934. The van der Waals surface area contributed by atoms with Crippen LogP contribution in [0.4, 0.5) is 4.79 Å². The molecule has 236 valence electrons. The summed E-state index contributed by atoms with van der Waals surface area (Å²) in [6.45, 7) is 18.6. The first kappa shape index (κ1) is 34.0. The fraction of sp³-hybridized carbons (Fsp3) is 0.594. The molecule has 4 amide bonds. The zero-order valence-electron chi connectivity index (χ0n) is 27.0. The highest BCUT2D eigenvalue weighted by Crippen LogP contribution is 2.30. The zero-order chi connectivity index (χ0) is 32.3. The highest BCUT2D eigenvalue weighted by atomic mass is 32.1. The fourth-order valence-electron chi connectivity index (χ4n) is 5.06. The van der Waals surface area contributed by atoms with Crippen LogP contribution in [0.15, 0.2) is 29.8 Å². The van der Waals surface area contributed by atoms with E-state index in [1.807, 2.05) is 71.3 Å². The van der Waals surface area contributed by atoms with E-state index in [0.717, 1.165) is 21.7 Å². The number of hydrogen-bond donors (Lipinski definition) is 3. The Balaban J connectivity index is 1.70. The summed E-state index contributed by atoms with van der Waals surface area (Å²) >= 11 is 1.59. The quantitative estimate of drug-likeness (QED) is 0.385. The molecule has 1 saturated heterocycles. The molecule has 1 fully saturated rings. The maximum absolute atomic E-state index is 14.0. The average Bonchev–Trinajstić information content (AvgIpc) is 3.50. The summed E-state index contributed by atoms with van der Waals surface area (Å²) in [5.41, 5.74) is 3.47. The van der Waals surface area contributed by atoms with E-state index in [0.29, 0.717) is 13.0 Å². The summed E-state index contributed by atoms with van der Waals surface area (Å²) in [5.74, 6) is -0.961. The number of ether oxygens (including phenoxy) is 1. The van der Waals surface area contributed by atoms with Crippen molar-refractivity contribution in [3.63, 3.8) is 0 Å². The van der Waals surface area contributed by atoms with Crippen molar-refractivity contribution in [2.75, 3.05) is 6.54 Å². The topological polar surface area (TPSA) is 130 Å². The minimum absolute atomic E-state index is 0.112.